The summed E-state index contributed by atoms with van der Waals surface area (Å²) >= 11 is 1.47. The predicted octanol–water partition coefficient (Wildman–Crippen LogP) is 3.68. The molecule has 168 valence electrons. The Bertz CT molecular complexity index is 972. The molecule has 5 rings (SSSR count). The lowest BCUT2D eigenvalue weighted by atomic mass is 9.94. The first-order valence-electron chi connectivity index (χ1n) is 11.6. The number of rotatable bonds is 7. The number of likely N-dealkylation sites (tertiary alicyclic amines) is 1. The van der Waals surface area contributed by atoms with Crippen molar-refractivity contribution in [2.45, 2.75) is 57.2 Å². The molecule has 0 spiro atoms. The van der Waals surface area contributed by atoms with Gasteiger partial charge in [-0.15, -0.1) is 11.3 Å². The zero-order chi connectivity index (χ0) is 22.1. The van der Waals surface area contributed by atoms with E-state index in [0.29, 0.717) is 37.3 Å². The Balaban J connectivity index is 1.18. The predicted molar refractivity (Wildman–Crippen MR) is 123 cm³/mol. The van der Waals surface area contributed by atoms with Crippen LogP contribution in [0.5, 0.6) is 0 Å². The summed E-state index contributed by atoms with van der Waals surface area (Å²) in [5.41, 5.74) is 1.73. The number of piperidine rings is 1. The van der Waals surface area contributed by atoms with Crippen molar-refractivity contribution in [3.8, 4) is 0 Å². The molecule has 3 fully saturated rings. The molecule has 2 saturated carbocycles. The molecule has 6 nitrogen and oxygen atoms in total. The van der Waals surface area contributed by atoms with Crippen LogP contribution < -0.4 is 5.32 Å². The second kappa shape index (κ2) is 9.06. The normalized spacial score (nSPS) is 18.9. The largest absolute Gasteiger partial charge is 0.349 e. The molecule has 2 heterocycles. The van der Waals surface area contributed by atoms with Gasteiger partial charge in [0, 0.05) is 43.2 Å². The summed E-state index contributed by atoms with van der Waals surface area (Å²) in [6, 6.07) is 12.1. The van der Waals surface area contributed by atoms with E-state index < -0.39 is 0 Å². The highest BCUT2D eigenvalue weighted by Gasteiger charge is 2.37. The Morgan fingerprint density at radius 2 is 1.69 bits per heavy atom. The van der Waals surface area contributed by atoms with Gasteiger partial charge >= 0.3 is 0 Å². The first-order valence-corrected chi connectivity index (χ1v) is 12.5. The fourth-order valence-electron chi connectivity index (χ4n) is 4.35. The molecule has 1 aliphatic heterocycles. The number of carbonyl (C=O) groups excluding carboxylic acids is 3. The van der Waals surface area contributed by atoms with E-state index in [1.807, 2.05) is 51.6 Å². The first kappa shape index (κ1) is 21.2. The molecule has 1 aromatic carbocycles. The zero-order valence-corrected chi connectivity index (χ0v) is 19.0. The molecular formula is C25H29N3O3S. The monoisotopic (exact) mass is 451 g/mol. The maximum absolute atomic E-state index is 13.4. The van der Waals surface area contributed by atoms with Crippen molar-refractivity contribution in [1.82, 2.24) is 15.1 Å². The average Bonchev–Trinajstić information content (AvgIpc) is 3.76. The van der Waals surface area contributed by atoms with Gasteiger partial charge in [0.05, 0.1) is 4.88 Å². The van der Waals surface area contributed by atoms with Crippen molar-refractivity contribution in [2.75, 3.05) is 13.1 Å². The molecule has 2 aliphatic carbocycles. The van der Waals surface area contributed by atoms with Crippen LogP contribution in [0.2, 0.25) is 0 Å². The lowest BCUT2D eigenvalue weighted by Gasteiger charge is -2.34. The van der Waals surface area contributed by atoms with Crippen LogP contribution in [0.25, 0.3) is 0 Å². The van der Waals surface area contributed by atoms with Gasteiger partial charge in [0.25, 0.3) is 11.8 Å². The summed E-state index contributed by atoms with van der Waals surface area (Å²) in [5, 5.41) is 4.93. The molecule has 1 saturated heterocycles. The third-order valence-corrected chi connectivity index (χ3v) is 7.47. The molecule has 3 aliphatic rings. The molecule has 0 bridgehead atoms. The van der Waals surface area contributed by atoms with E-state index in [2.05, 4.69) is 5.32 Å². The molecule has 0 atom stereocenters. The van der Waals surface area contributed by atoms with Gasteiger partial charge in [-0.2, -0.15) is 0 Å². The van der Waals surface area contributed by atoms with Crippen LogP contribution in [0.4, 0.5) is 0 Å². The molecule has 1 aromatic heterocycles. The van der Waals surface area contributed by atoms with Gasteiger partial charge in [-0.05, 0) is 67.7 Å². The maximum Gasteiger partial charge on any atom is 0.263 e. The van der Waals surface area contributed by atoms with Gasteiger partial charge in [0.1, 0.15) is 0 Å². The second-order valence-electron chi connectivity index (χ2n) is 9.19. The van der Waals surface area contributed by atoms with Crippen LogP contribution in [0, 0.1) is 5.92 Å². The van der Waals surface area contributed by atoms with Crippen LogP contribution >= 0.6 is 11.3 Å². The Labute approximate surface area is 192 Å². The minimum absolute atomic E-state index is 0.0157. The number of nitrogens with one attached hydrogen (secondary N) is 1. The van der Waals surface area contributed by atoms with Crippen molar-refractivity contribution in [3.05, 3.63) is 57.8 Å². The Morgan fingerprint density at radius 1 is 0.969 bits per heavy atom. The summed E-state index contributed by atoms with van der Waals surface area (Å²) in [5.74, 6) is 0.256. The van der Waals surface area contributed by atoms with Crippen LogP contribution in [0.3, 0.4) is 0 Å². The lowest BCUT2D eigenvalue weighted by Crippen LogP contribution is -2.44. The van der Waals surface area contributed by atoms with Crippen LogP contribution in [0.1, 0.15) is 64.1 Å². The van der Waals surface area contributed by atoms with Gasteiger partial charge < -0.3 is 15.1 Å². The average molecular weight is 452 g/mol. The van der Waals surface area contributed by atoms with E-state index in [9.17, 15) is 14.4 Å². The Morgan fingerprint density at radius 3 is 2.28 bits per heavy atom. The van der Waals surface area contributed by atoms with Gasteiger partial charge in [0.15, 0.2) is 0 Å². The standard InChI is InChI=1S/C25H29N3O3S/c29-23(26-20-7-8-20)18-5-3-17(4-6-18)16-28(21-9-10-21)24(30)19-11-13-27(14-12-19)25(31)22-2-1-15-32-22/h1-6,15,19-21H,7-14,16H2,(H,26,29). The highest BCUT2D eigenvalue weighted by molar-refractivity contribution is 7.12. The number of nitrogens with zero attached hydrogens (tertiary/aromatic N) is 2. The van der Waals surface area contributed by atoms with E-state index in [-0.39, 0.29) is 23.6 Å². The van der Waals surface area contributed by atoms with Crippen molar-refractivity contribution in [3.63, 3.8) is 0 Å². The number of thiophene rings is 1. The first-order chi connectivity index (χ1) is 15.6. The minimum Gasteiger partial charge on any atom is -0.349 e. The number of benzene rings is 1. The van der Waals surface area contributed by atoms with E-state index in [1.165, 1.54) is 11.3 Å². The summed E-state index contributed by atoms with van der Waals surface area (Å²) in [6.07, 6.45) is 5.71. The molecule has 2 aromatic rings. The number of carbonyl (C=O) groups is 3. The van der Waals surface area contributed by atoms with Crippen LogP contribution in [-0.2, 0) is 11.3 Å². The molecular weight excluding hydrogens is 422 g/mol. The van der Waals surface area contributed by atoms with E-state index in [4.69, 9.17) is 0 Å². The Hall–Kier alpha value is -2.67. The molecule has 3 amide bonds. The highest BCUT2D eigenvalue weighted by Crippen LogP contribution is 2.32. The Kier molecular flexibility index (Phi) is 6.00. The lowest BCUT2D eigenvalue weighted by molar-refractivity contribution is -0.138. The molecule has 0 unspecified atom stereocenters. The van der Waals surface area contributed by atoms with Gasteiger partial charge in [-0.25, -0.2) is 0 Å². The van der Waals surface area contributed by atoms with Crippen molar-refractivity contribution >= 4 is 29.1 Å². The third kappa shape index (κ3) is 4.88. The highest BCUT2D eigenvalue weighted by atomic mass is 32.1. The summed E-state index contributed by atoms with van der Waals surface area (Å²) in [4.78, 5) is 42.8. The van der Waals surface area contributed by atoms with Gasteiger partial charge in [-0.3, -0.25) is 14.4 Å². The molecule has 7 heteroatoms. The number of hydrogen-bond donors (Lipinski definition) is 1. The quantitative estimate of drug-likeness (QED) is 0.698. The van der Waals surface area contributed by atoms with E-state index in [0.717, 1.165) is 49.0 Å². The topological polar surface area (TPSA) is 69.7 Å². The van der Waals surface area contributed by atoms with Gasteiger partial charge in [0.2, 0.25) is 5.91 Å². The number of amides is 3. The molecule has 0 radical (unpaired) electrons. The smallest absolute Gasteiger partial charge is 0.263 e. The van der Waals surface area contributed by atoms with Gasteiger partial charge in [-0.1, -0.05) is 18.2 Å². The molecule has 32 heavy (non-hydrogen) atoms. The second-order valence-corrected chi connectivity index (χ2v) is 10.1. The summed E-state index contributed by atoms with van der Waals surface area (Å²) in [6.45, 7) is 1.86. The van der Waals surface area contributed by atoms with E-state index >= 15 is 0 Å². The fourth-order valence-corrected chi connectivity index (χ4v) is 5.04. The third-order valence-electron chi connectivity index (χ3n) is 6.62. The SMILES string of the molecule is O=C(NC1CC1)c1ccc(CN(C(=O)C2CCN(C(=O)c3cccs3)CC2)C2CC2)cc1. The number of hydrogen-bond acceptors (Lipinski definition) is 4. The van der Waals surface area contributed by atoms with Crippen LogP contribution in [-0.4, -0.2) is 52.7 Å². The van der Waals surface area contributed by atoms with Crippen LogP contribution in [0.15, 0.2) is 41.8 Å². The van der Waals surface area contributed by atoms with Crippen molar-refractivity contribution in [1.29, 1.82) is 0 Å². The summed E-state index contributed by atoms with van der Waals surface area (Å²) in [7, 11) is 0. The van der Waals surface area contributed by atoms with Crippen molar-refractivity contribution in [2.24, 2.45) is 5.92 Å². The van der Waals surface area contributed by atoms with Crippen molar-refractivity contribution < 1.29 is 14.4 Å². The maximum atomic E-state index is 13.4. The molecule has 1 N–H and O–H groups in total. The fraction of sp³-hybridized carbons (Fsp3) is 0.480. The summed E-state index contributed by atoms with van der Waals surface area (Å²) < 4.78 is 0. The van der Waals surface area contributed by atoms with E-state index in [1.54, 1.807) is 0 Å². The minimum atomic E-state index is -0.0217. The zero-order valence-electron chi connectivity index (χ0n) is 18.2.